The van der Waals surface area contributed by atoms with Gasteiger partial charge in [-0.3, -0.25) is 9.78 Å². The number of aromatic nitrogens is 2. The molecule has 0 aromatic carbocycles. The molecule has 2 aromatic heterocycles. The number of aryl methyl sites for hydroxylation is 1. The Kier molecular flexibility index (Phi) is 3.57. The van der Waals surface area contributed by atoms with Crippen LogP contribution in [0.2, 0.25) is 0 Å². The minimum atomic E-state index is -1.21. The first-order chi connectivity index (χ1) is 8.97. The molecule has 0 saturated heterocycles. The van der Waals surface area contributed by atoms with E-state index in [4.69, 9.17) is 5.11 Å². The number of ketones is 1. The third kappa shape index (κ3) is 2.94. The Bertz CT molecular complexity index is 620. The molecule has 0 bridgehead atoms. The smallest absolute Gasteiger partial charge is 0.356 e. The summed E-state index contributed by atoms with van der Waals surface area (Å²) in [7, 11) is 0. The van der Waals surface area contributed by atoms with Crippen molar-refractivity contribution in [3.63, 3.8) is 0 Å². The van der Waals surface area contributed by atoms with Crippen LogP contribution in [0.5, 0.6) is 0 Å². The number of carbonyl (C=O) groups is 2. The molecule has 19 heavy (non-hydrogen) atoms. The third-order valence-electron chi connectivity index (χ3n) is 2.28. The van der Waals surface area contributed by atoms with Gasteiger partial charge in [0, 0.05) is 13.1 Å². The maximum Gasteiger partial charge on any atom is 0.356 e. The van der Waals surface area contributed by atoms with Crippen molar-refractivity contribution >= 4 is 33.9 Å². The first-order valence-electron chi connectivity index (χ1n) is 5.41. The largest absolute Gasteiger partial charge is 0.476 e. The van der Waals surface area contributed by atoms with Crippen LogP contribution in [0.3, 0.4) is 0 Å². The lowest BCUT2D eigenvalue weighted by Gasteiger charge is -2.01. The summed E-state index contributed by atoms with van der Waals surface area (Å²) in [6.07, 6.45) is 3.30. The molecule has 2 rings (SSSR count). The number of carboxylic acid groups (broad SMARTS) is 1. The molecule has 0 aliphatic heterocycles. The van der Waals surface area contributed by atoms with E-state index in [9.17, 15) is 9.59 Å². The minimum absolute atomic E-state index is 0.135. The zero-order valence-electron chi connectivity index (χ0n) is 10.3. The highest BCUT2D eigenvalue weighted by Gasteiger charge is 2.20. The lowest BCUT2D eigenvalue weighted by molar-refractivity contribution is 0.0687. The van der Waals surface area contributed by atoms with Gasteiger partial charge in [-0.25, -0.2) is 9.78 Å². The molecule has 0 spiro atoms. The van der Waals surface area contributed by atoms with Crippen LogP contribution < -0.4 is 5.32 Å². The van der Waals surface area contributed by atoms with E-state index in [1.807, 2.05) is 13.0 Å². The number of carboxylic acids is 1. The van der Waals surface area contributed by atoms with E-state index in [2.05, 4.69) is 15.3 Å². The van der Waals surface area contributed by atoms with E-state index in [0.29, 0.717) is 10.8 Å². The number of hydrogen-bond acceptors (Lipinski definition) is 6. The van der Waals surface area contributed by atoms with Crippen molar-refractivity contribution in [3.8, 4) is 0 Å². The highest BCUT2D eigenvalue weighted by Crippen LogP contribution is 2.26. The number of rotatable bonds is 4. The summed E-state index contributed by atoms with van der Waals surface area (Å²) in [6, 6.07) is 1.85. The predicted octanol–water partition coefficient (Wildman–Crippen LogP) is 2.49. The van der Waals surface area contributed by atoms with Crippen molar-refractivity contribution in [1.82, 2.24) is 9.97 Å². The lowest BCUT2D eigenvalue weighted by Crippen LogP contribution is -2.03. The van der Waals surface area contributed by atoms with Crippen molar-refractivity contribution in [1.29, 1.82) is 0 Å². The quantitative estimate of drug-likeness (QED) is 0.834. The lowest BCUT2D eigenvalue weighted by atomic mass is 10.3. The number of thiazole rings is 1. The van der Waals surface area contributed by atoms with Crippen LogP contribution in [-0.2, 0) is 0 Å². The van der Waals surface area contributed by atoms with Crippen LogP contribution in [0.4, 0.5) is 10.8 Å². The molecular formula is C12H11N3O3S. The van der Waals surface area contributed by atoms with E-state index in [1.54, 1.807) is 12.4 Å². The first kappa shape index (κ1) is 13.2. The zero-order valence-corrected chi connectivity index (χ0v) is 11.1. The minimum Gasteiger partial charge on any atom is -0.476 e. The Balaban J connectivity index is 2.34. The maximum atomic E-state index is 11.4. The van der Waals surface area contributed by atoms with Gasteiger partial charge in [0.15, 0.2) is 16.6 Å². The van der Waals surface area contributed by atoms with Gasteiger partial charge in [-0.15, -0.1) is 0 Å². The number of nitrogens with zero attached hydrogens (tertiary/aromatic N) is 2. The summed E-state index contributed by atoms with van der Waals surface area (Å²) >= 11 is 1.02. The fourth-order valence-corrected chi connectivity index (χ4v) is 2.38. The second-order valence-corrected chi connectivity index (χ2v) is 4.93. The highest BCUT2D eigenvalue weighted by atomic mass is 32.1. The van der Waals surface area contributed by atoms with E-state index < -0.39 is 5.97 Å². The Morgan fingerprint density at radius 2 is 2.11 bits per heavy atom. The molecular weight excluding hydrogens is 266 g/mol. The molecule has 2 N–H and O–H groups in total. The average Bonchev–Trinajstić information content (AvgIpc) is 2.73. The molecule has 7 heteroatoms. The summed E-state index contributed by atoms with van der Waals surface area (Å²) in [6.45, 7) is 3.21. The van der Waals surface area contributed by atoms with Crippen LogP contribution in [0.15, 0.2) is 18.5 Å². The molecule has 0 saturated carbocycles. The summed E-state index contributed by atoms with van der Waals surface area (Å²) in [5.74, 6) is -1.53. The Labute approximate surface area is 113 Å². The molecule has 98 valence electrons. The first-order valence-corrected chi connectivity index (χ1v) is 6.22. The van der Waals surface area contributed by atoms with E-state index in [1.165, 1.54) is 6.92 Å². The van der Waals surface area contributed by atoms with Gasteiger partial charge >= 0.3 is 5.97 Å². The fourth-order valence-electron chi connectivity index (χ4n) is 1.50. The van der Waals surface area contributed by atoms with Crippen LogP contribution in [0, 0.1) is 6.92 Å². The number of aromatic carboxylic acids is 1. The Hall–Kier alpha value is -2.28. The van der Waals surface area contributed by atoms with Crippen LogP contribution in [-0.4, -0.2) is 26.8 Å². The molecule has 0 atom stereocenters. The van der Waals surface area contributed by atoms with Gasteiger partial charge in [-0.1, -0.05) is 11.3 Å². The van der Waals surface area contributed by atoms with E-state index in [-0.39, 0.29) is 16.4 Å². The fraction of sp³-hybridized carbons (Fsp3) is 0.167. The number of Topliss-reactive ketones (excluding diaryl/α,β-unsaturated/α-hetero) is 1. The molecule has 0 aliphatic rings. The molecule has 0 amide bonds. The Morgan fingerprint density at radius 1 is 1.37 bits per heavy atom. The monoisotopic (exact) mass is 277 g/mol. The van der Waals surface area contributed by atoms with Crippen molar-refractivity contribution in [2.45, 2.75) is 13.8 Å². The van der Waals surface area contributed by atoms with Crippen molar-refractivity contribution in [2.24, 2.45) is 0 Å². The van der Waals surface area contributed by atoms with Gasteiger partial charge in [0.1, 0.15) is 4.88 Å². The third-order valence-corrected chi connectivity index (χ3v) is 3.35. The average molecular weight is 277 g/mol. The zero-order chi connectivity index (χ0) is 14.0. The molecule has 0 unspecified atom stereocenters. The van der Waals surface area contributed by atoms with Gasteiger partial charge in [0.05, 0.1) is 11.9 Å². The number of hydrogen-bond donors (Lipinski definition) is 2. The summed E-state index contributed by atoms with van der Waals surface area (Å²) in [5.41, 5.74) is 1.44. The summed E-state index contributed by atoms with van der Waals surface area (Å²) in [5, 5.41) is 12.3. The van der Waals surface area contributed by atoms with Crippen molar-refractivity contribution in [3.05, 3.63) is 34.6 Å². The topological polar surface area (TPSA) is 92.2 Å². The summed E-state index contributed by atoms with van der Waals surface area (Å²) in [4.78, 5) is 30.4. The van der Waals surface area contributed by atoms with Gasteiger partial charge < -0.3 is 10.4 Å². The van der Waals surface area contributed by atoms with Crippen LogP contribution >= 0.6 is 11.3 Å². The normalized spacial score (nSPS) is 10.2. The predicted molar refractivity (Wildman–Crippen MR) is 71.3 cm³/mol. The van der Waals surface area contributed by atoms with Crippen molar-refractivity contribution in [2.75, 3.05) is 5.32 Å². The molecule has 2 aromatic rings. The Morgan fingerprint density at radius 3 is 2.63 bits per heavy atom. The molecule has 2 heterocycles. The highest BCUT2D eigenvalue weighted by molar-refractivity contribution is 7.17. The summed E-state index contributed by atoms with van der Waals surface area (Å²) < 4.78 is 0. The van der Waals surface area contributed by atoms with Gasteiger partial charge in [-0.2, -0.15) is 0 Å². The molecule has 0 fully saturated rings. The van der Waals surface area contributed by atoms with E-state index >= 15 is 0 Å². The maximum absolute atomic E-state index is 11.4. The number of carbonyl (C=O) groups excluding carboxylic acids is 1. The van der Waals surface area contributed by atoms with E-state index in [0.717, 1.165) is 16.9 Å². The number of anilines is 2. The van der Waals surface area contributed by atoms with Crippen LogP contribution in [0.1, 0.15) is 32.6 Å². The molecule has 0 aliphatic carbocycles. The number of pyridine rings is 1. The van der Waals surface area contributed by atoms with Crippen molar-refractivity contribution < 1.29 is 14.7 Å². The number of nitrogens with one attached hydrogen (secondary N) is 1. The van der Waals surface area contributed by atoms with Gasteiger partial charge in [0.25, 0.3) is 0 Å². The standard InChI is InChI=1S/C12H11N3O3S/c1-6-3-8(5-13-4-6)14-12-15-9(11(17)18)10(19-12)7(2)16/h3-5H,1-2H3,(H,14,15)(H,17,18). The second kappa shape index (κ2) is 5.15. The van der Waals surface area contributed by atoms with Crippen LogP contribution in [0.25, 0.3) is 0 Å². The van der Waals surface area contributed by atoms with Gasteiger partial charge in [-0.05, 0) is 18.6 Å². The SMILES string of the molecule is CC(=O)c1sc(Nc2cncc(C)c2)nc1C(=O)O. The van der Waals surface area contributed by atoms with Gasteiger partial charge in [0.2, 0.25) is 0 Å². The second-order valence-electron chi connectivity index (χ2n) is 3.93. The molecule has 6 nitrogen and oxygen atoms in total. The molecule has 0 radical (unpaired) electrons.